The van der Waals surface area contributed by atoms with Gasteiger partial charge in [-0.2, -0.15) is 0 Å². The Labute approximate surface area is 95.8 Å². The Morgan fingerprint density at radius 1 is 1.44 bits per heavy atom. The smallest absolute Gasteiger partial charge is 0.320 e. The van der Waals surface area contributed by atoms with E-state index in [0.29, 0.717) is 19.5 Å². The molecule has 1 fully saturated rings. The van der Waals surface area contributed by atoms with Crippen molar-refractivity contribution in [2.75, 3.05) is 20.1 Å². The Morgan fingerprint density at radius 2 is 2.00 bits per heavy atom. The van der Waals surface area contributed by atoms with Gasteiger partial charge in [-0.05, 0) is 32.4 Å². The third-order valence-electron chi connectivity index (χ3n) is 3.26. The normalized spacial score (nSPS) is 20.4. The van der Waals surface area contributed by atoms with Crippen LogP contribution in [0.5, 0.6) is 0 Å². The van der Waals surface area contributed by atoms with Crippen LogP contribution >= 0.6 is 0 Å². The Balaban J connectivity index is 2.47. The predicted molar refractivity (Wildman–Crippen MR) is 60.1 cm³/mol. The van der Waals surface area contributed by atoms with E-state index in [1.807, 2.05) is 11.8 Å². The second kappa shape index (κ2) is 5.84. The van der Waals surface area contributed by atoms with E-state index >= 15 is 0 Å². The minimum Gasteiger partial charge on any atom is -0.480 e. The van der Waals surface area contributed by atoms with Crippen LogP contribution < -0.4 is 5.32 Å². The van der Waals surface area contributed by atoms with Crippen molar-refractivity contribution in [2.24, 2.45) is 5.92 Å². The van der Waals surface area contributed by atoms with Crippen LogP contribution in [-0.2, 0) is 9.59 Å². The molecule has 0 aromatic rings. The van der Waals surface area contributed by atoms with E-state index in [1.54, 1.807) is 7.05 Å². The van der Waals surface area contributed by atoms with Crippen molar-refractivity contribution in [1.82, 2.24) is 10.2 Å². The van der Waals surface area contributed by atoms with Gasteiger partial charge in [-0.25, -0.2) is 0 Å². The molecular weight excluding hydrogens is 208 g/mol. The zero-order valence-electron chi connectivity index (χ0n) is 9.90. The van der Waals surface area contributed by atoms with Crippen LogP contribution in [0.2, 0.25) is 0 Å². The fourth-order valence-corrected chi connectivity index (χ4v) is 2.27. The summed E-state index contributed by atoms with van der Waals surface area (Å²) in [6, 6.07) is -0.398. The van der Waals surface area contributed by atoms with E-state index in [2.05, 4.69) is 5.32 Å². The molecule has 1 heterocycles. The lowest BCUT2D eigenvalue weighted by molar-refractivity contribution is -0.144. The molecule has 92 valence electrons. The molecule has 2 N–H and O–H groups in total. The maximum absolute atomic E-state index is 11.4. The average molecular weight is 228 g/mol. The highest BCUT2D eigenvalue weighted by Gasteiger charge is 2.30. The number of nitrogens with zero attached hydrogens (tertiary/aromatic N) is 1. The van der Waals surface area contributed by atoms with E-state index in [1.165, 1.54) is 0 Å². The molecule has 1 rings (SSSR count). The van der Waals surface area contributed by atoms with Gasteiger partial charge >= 0.3 is 5.97 Å². The Kier molecular flexibility index (Phi) is 4.73. The average Bonchev–Trinajstić information content (AvgIpc) is 2.29. The Bertz CT molecular complexity index is 260. The highest BCUT2D eigenvalue weighted by atomic mass is 16.4. The van der Waals surface area contributed by atoms with Gasteiger partial charge in [0.15, 0.2) is 0 Å². The number of carboxylic acids is 1. The first-order chi connectivity index (χ1) is 7.60. The maximum Gasteiger partial charge on any atom is 0.320 e. The van der Waals surface area contributed by atoms with E-state index in [0.717, 1.165) is 12.8 Å². The van der Waals surface area contributed by atoms with Crippen molar-refractivity contribution in [3.63, 3.8) is 0 Å². The predicted octanol–water partition coefficient (Wildman–Crippen LogP) is 0.308. The van der Waals surface area contributed by atoms with Crippen molar-refractivity contribution in [3.05, 3.63) is 0 Å². The number of rotatable bonds is 4. The van der Waals surface area contributed by atoms with Gasteiger partial charge < -0.3 is 10.4 Å². The summed E-state index contributed by atoms with van der Waals surface area (Å²) in [5.41, 5.74) is 0. The molecule has 0 saturated carbocycles. The van der Waals surface area contributed by atoms with Crippen molar-refractivity contribution < 1.29 is 14.7 Å². The summed E-state index contributed by atoms with van der Waals surface area (Å²) >= 11 is 0. The zero-order chi connectivity index (χ0) is 12.1. The minimum atomic E-state index is -0.763. The number of carbonyl (C=O) groups excluding carboxylic acids is 1. The molecule has 0 bridgehead atoms. The van der Waals surface area contributed by atoms with E-state index in [9.17, 15) is 9.59 Å². The van der Waals surface area contributed by atoms with Crippen LogP contribution in [-0.4, -0.2) is 48.1 Å². The third-order valence-corrected chi connectivity index (χ3v) is 3.26. The number of carboxylic acid groups (broad SMARTS) is 1. The molecule has 5 heteroatoms. The van der Waals surface area contributed by atoms with Crippen LogP contribution in [0.4, 0.5) is 0 Å². The highest BCUT2D eigenvalue weighted by molar-refractivity contribution is 5.78. The lowest BCUT2D eigenvalue weighted by Gasteiger charge is -2.34. The van der Waals surface area contributed by atoms with Crippen LogP contribution in [0.3, 0.4) is 0 Å². The summed E-state index contributed by atoms with van der Waals surface area (Å²) in [6.45, 7) is 3.27. The second-order valence-corrected chi connectivity index (χ2v) is 4.19. The molecule has 0 radical (unpaired) electrons. The van der Waals surface area contributed by atoms with Gasteiger partial charge in [-0.15, -0.1) is 0 Å². The van der Waals surface area contributed by atoms with Crippen LogP contribution in [0, 0.1) is 5.92 Å². The van der Waals surface area contributed by atoms with Crippen LogP contribution in [0.25, 0.3) is 0 Å². The molecule has 1 aliphatic rings. The molecule has 0 spiro atoms. The van der Waals surface area contributed by atoms with Gasteiger partial charge in [-0.1, -0.05) is 6.92 Å². The van der Waals surface area contributed by atoms with E-state index in [4.69, 9.17) is 5.11 Å². The maximum atomic E-state index is 11.4. The molecule has 0 aromatic carbocycles. The second-order valence-electron chi connectivity index (χ2n) is 4.19. The van der Waals surface area contributed by atoms with Crippen LogP contribution in [0.15, 0.2) is 0 Å². The molecule has 1 aliphatic heterocycles. The number of carbonyl (C=O) groups is 2. The van der Waals surface area contributed by atoms with Gasteiger partial charge in [0.25, 0.3) is 0 Å². The molecule has 16 heavy (non-hydrogen) atoms. The van der Waals surface area contributed by atoms with Crippen LogP contribution in [0.1, 0.15) is 26.2 Å². The van der Waals surface area contributed by atoms with Gasteiger partial charge in [0, 0.05) is 13.0 Å². The van der Waals surface area contributed by atoms with E-state index < -0.39 is 12.0 Å². The summed E-state index contributed by atoms with van der Waals surface area (Å²) in [5.74, 6) is -0.642. The number of likely N-dealkylation sites (tertiary alicyclic amines) is 1. The van der Waals surface area contributed by atoms with Crippen molar-refractivity contribution in [2.45, 2.75) is 32.2 Å². The molecule has 1 saturated heterocycles. The van der Waals surface area contributed by atoms with Crippen molar-refractivity contribution in [1.29, 1.82) is 0 Å². The number of hydrogen-bond donors (Lipinski definition) is 2. The summed E-state index contributed by atoms with van der Waals surface area (Å²) in [4.78, 5) is 24.3. The lowest BCUT2D eigenvalue weighted by atomic mass is 9.94. The topological polar surface area (TPSA) is 69.6 Å². The number of amides is 1. The lowest BCUT2D eigenvalue weighted by Crippen LogP contribution is -2.47. The summed E-state index contributed by atoms with van der Waals surface area (Å²) < 4.78 is 0. The number of nitrogens with one attached hydrogen (secondary N) is 1. The quantitative estimate of drug-likeness (QED) is 0.726. The molecular formula is C11H20N2O3. The molecule has 0 aromatic heterocycles. The van der Waals surface area contributed by atoms with E-state index in [-0.39, 0.29) is 11.8 Å². The summed E-state index contributed by atoms with van der Waals surface area (Å²) in [7, 11) is 1.64. The largest absolute Gasteiger partial charge is 0.480 e. The first kappa shape index (κ1) is 13.0. The number of aliphatic carboxylic acids is 1. The Morgan fingerprint density at radius 3 is 2.38 bits per heavy atom. The monoisotopic (exact) mass is 228 g/mol. The zero-order valence-corrected chi connectivity index (χ0v) is 9.90. The Hall–Kier alpha value is -1.10. The molecule has 5 nitrogen and oxygen atoms in total. The summed E-state index contributed by atoms with van der Waals surface area (Å²) in [5, 5.41) is 11.7. The molecule has 1 unspecified atom stereocenters. The first-order valence-electron chi connectivity index (χ1n) is 5.78. The van der Waals surface area contributed by atoms with Crippen molar-refractivity contribution in [3.8, 4) is 0 Å². The molecule has 1 amide bonds. The molecule has 0 aliphatic carbocycles. The fourth-order valence-electron chi connectivity index (χ4n) is 2.27. The summed E-state index contributed by atoms with van der Waals surface area (Å²) in [6.07, 6.45) is 2.12. The SMILES string of the molecule is CCC(C(=O)O)N1CCC(C(=O)NC)CC1. The van der Waals surface area contributed by atoms with Crippen molar-refractivity contribution >= 4 is 11.9 Å². The molecule has 1 atom stereocenters. The van der Waals surface area contributed by atoms with Gasteiger partial charge in [0.2, 0.25) is 5.91 Å². The first-order valence-corrected chi connectivity index (χ1v) is 5.78. The number of hydrogen-bond acceptors (Lipinski definition) is 3. The third kappa shape index (κ3) is 2.95. The van der Waals surface area contributed by atoms with Gasteiger partial charge in [0.1, 0.15) is 6.04 Å². The minimum absolute atomic E-state index is 0.0487. The van der Waals surface area contributed by atoms with Gasteiger partial charge in [0.05, 0.1) is 0 Å². The highest BCUT2D eigenvalue weighted by Crippen LogP contribution is 2.20. The number of piperidine rings is 1. The van der Waals surface area contributed by atoms with Gasteiger partial charge in [-0.3, -0.25) is 14.5 Å². The standard InChI is InChI=1S/C11H20N2O3/c1-3-9(11(15)16)13-6-4-8(5-7-13)10(14)12-2/h8-9H,3-7H2,1-2H3,(H,12,14)(H,15,16). The fraction of sp³-hybridized carbons (Fsp3) is 0.818.